The molecule has 5 heteroatoms. The number of amides is 1. The number of benzene rings is 1. The Morgan fingerprint density at radius 2 is 2.10 bits per heavy atom. The molecule has 21 heavy (non-hydrogen) atoms. The van der Waals surface area contributed by atoms with Crippen LogP contribution in [0, 0.1) is 0 Å². The first kappa shape index (κ1) is 15.8. The minimum atomic E-state index is -0.0125. The fraction of sp³-hybridized carbons (Fsp3) is 0.562. The Labute approximate surface area is 126 Å². The summed E-state index contributed by atoms with van der Waals surface area (Å²) >= 11 is 0. The molecule has 1 amide bonds. The van der Waals surface area contributed by atoms with Gasteiger partial charge in [-0.1, -0.05) is 18.9 Å². The summed E-state index contributed by atoms with van der Waals surface area (Å²) in [5.41, 5.74) is 7.06. The fourth-order valence-electron chi connectivity index (χ4n) is 2.96. The summed E-state index contributed by atoms with van der Waals surface area (Å²) in [5.74, 6) is -0.0125. The number of hydrogen-bond donors (Lipinski definition) is 3. The van der Waals surface area contributed by atoms with Gasteiger partial charge in [0.25, 0.3) is 0 Å². The molecule has 5 nitrogen and oxygen atoms in total. The molecule has 1 aliphatic carbocycles. The molecule has 1 saturated carbocycles. The molecule has 0 unspecified atom stereocenters. The molecule has 1 aliphatic rings. The summed E-state index contributed by atoms with van der Waals surface area (Å²) in [5, 5.41) is 12.0. The molecular formula is C16H25N3O2. The van der Waals surface area contributed by atoms with Crippen molar-refractivity contribution in [2.45, 2.75) is 38.1 Å². The number of nitrogens with zero attached hydrogens (tertiary/aromatic N) is 1. The fourth-order valence-corrected chi connectivity index (χ4v) is 2.96. The molecule has 0 aromatic heterocycles. The molecule has 4 N–H and O–H groups in total. The molecule has 0 heterocycles. The monoisotopic (exact) mass is 291 g/mol. The summed E-state index contributed by atoms with van der Waals surface area (Å²) in [4.78, 5) is 14.2. The van der Waals surface area contributed by atoms with Crippen molar-refractivity contribution in [2.75, 3.05) is 30.7 Å². The molecule has 0 aliphatic heterocycles. The first-order valence-corrected chi connectivity index (χ1v) is 7.69. The van der Waals surface area contributed by atoms with Crippen LogP contribution < -0.4 is 11.1 Å². The minimum Gasteiger partial charge on any atom is -0.399 e. The number of carbonyl (C=O) groups is 1. The Bertz CT molecular complexity index is 459. The van der Waals surface area contributed by atoms with Crippen molar-refractivity contribution in [3.05, 3.63) is 24.3 Å². The second-order valence-electron chi connectivity index (χ2n) is 5.62. The molecule has 0 spiro atoms. The highest BCUT2D eigenvalue weighted by atomic mass is 16.3. The number of carbonyl (C=O) groups excluding carboxylic acids is 1. The van der Waals surface area contributed by atoms with Gasteiger partial charge in [0.1, 0.15) is 0 Å². The highest BCUT2D eigenvalue weighted by Gasteiger charge is 2.22. The molecule has 1 fully saturated rings. The van der Waals surface area contributed by atoms with E-state index >= 15 is 0 Å². The largest absolute Gasteiger partial charge is 0.399 e. The molecule has 0 saturated heterocycles. The van der Waals surface area contributed by atoms with E-state index in [-0.39, 0.29) is 12.5 Å². The van der Waals surface area contributed by atoms with Gasteiger partial charge < -0.3 is 16.2 Å². The summed E-state index contributed by atoms with van der Waals surface area (Å²) in [6.07, 6.45) is 5.29. The van der Waals surface area contributed by atoms with Crippen LogP contribution in [0.3, 0.4) is 0 Å². The average molecular weight is 291 g/mol. The highest BCUT2D eigenvalue weighted by molar-refractivity contribution is 5.91. The van der Waals surface area contributed by atoms with Crippen molar-refractivity contribution in [2.24, 2.45) is 0 Å². The van der Waals surface area contributed by atoms with Crippen LogP contribution in [0.1, 0.15) is 32.1 Å². The van der Waals surface area contributed by atoms with Crippen LogP contribution in [0.25, 0.3) is 0 Å². The number of nitrogen functional groups attached to an aromatic ring is 1. The lowest BCUT2D eigenvalue weighted by atomic mass is 10.2. The normalized spacial score (nSPS) is 15.5. The number of aliphatic hydroxyl groups is 1. The first-order chi connectivity index (χ1) is 10.2. The number of nitrogens with one attached hydrogen (secondary N) is 1. The van der Waals surface area contributed by atoms with Gasteiger partial charge in [0.05, 0.1) is 6.61 Å². The quantitative estimate of drug-likeness (QED) is 0.670. The topological polar surface area (TPSA) is 78.6 Å². The Morgan fingerprint density at radius 1 is 1.33 bits per heavy atom. The lowest BCUT2D eigenvalue weighted by molar-refractivity contribution is -0.116. The maximum Gasteiger partial charge on any atom is 0.225 e. The number of nitrogens with two attached hydrogens (primary N) is 1. The smallest absolute Gasteiger partial charge is 0.225 e. The van der Waals surface area contributed by atoms with E-state index in [2.05, 4.69) is 10.2 Å². The number of hydrogen-bond acceptors (Lipinski definition) is 4. The van der Waals surface area contributed by atoms with Crippen LogP contribution >= 0.6 is 0 Å². The van der Waals surface area contributed by atoms with Gasteiger partial charge in [0.2, 0.25) is 5.91 Å². The highest BCUT2D eigenvalue weighted by Crippen LogP contribution is 2.23. The zero-order valence-corrected chi connectivity index (χ0v) is 12.4. The maximum absolute atomic E-state index is 12.0. The average Bonchev–Trinajstić information content (AvgIpc) is 2.97. The van der Waals surface area contributed by atoms with Crippen LogP contribution in [0.4, 0.5) is 11.4 Å². The third kappa shape index (κ3) is 5.02. The molecule has 0 atom stereocenters. The summed E-state index contributed by atoms with van der Waals surface area (Å²) in [7, 11) is 0. The van der Waals surface area contributed by atoms with Gasteiger partial charge in [0, 0.05) is 36.9 Å². The van der Waals surface area contributed by atoms with Crippen molar-refractivity contribution in [1.82, 2.24) is 4.90 Å². The molecular weight excluding hydrogens is 266 g/mol. The van der Waals surface area contributed by atoms with Gasteiger partial charge in [-0.15, -0.1) is 0 Å². The number of rotatable bonds is 7. The second kappa shape index (κ2) is 8.00. The van der Waals surface area contributed by atoms with E-state index in [0.717, 1.165) is 5.69 Å². The Hall–Kier alpha value is -1.59. The Kier molecular flexibility index (Phi) is 6.02. The van der Waals surface area contributed by atoms with Crippen molar-refractivity contribution in [3.63, 3.8) is 0 Å². The predicted molar refractivity (Wildman–Crippen MR) is 85.0 cm³/mol. The minimum absolute atomic E-state index is 0.0125. The molecule has 1 aromatic carbocycles. The van der Waals surface area contributed by atoms with Crippen molar-refractivity contribution >= 4 is 17.3 Å². The van der Waals surface area contributed by atoms with Crippen molar-refractivity contribution in [1.29, 1.82) is 0 Å². The molecule has 2 rings (SSSR count). The van der Waals surface area contributed by atoms with Crippen molar-refractivity contribution < 1.29 is 9.90 Å². The Morgan fingerprint density at radius 3 is 2.76 bits per heavy atom. The van der Waals surface area contributed by atoms with Gasteiger partial charge in [-0.3, -0.25) is 9.69 Å². The van der Waals surface area contributed by atoms with Gasteiger partial charge in [-0.2, -0.15) is 0 Å². The number of aliphatic hydroxyl groups excluding tert-OH is 1. The van der Waals surface area contributed by atoms with Crippen LogP contribution in [0.15, 0.2) is 24.3 Å². The molecule has 1 aromatic rings. The van der Waals surface area contributed by atoms with E-state index in [1.807, 2.05) is 12.1 Å². The van der Waals surface area contributed by atoms with Crippen molar-refractivity contribution in [3.8, 4) is 0 Å². The molecule has 116 valence electrons. The zero-order valence-electron chi connectivity index (χ0n) is 12.4. The third-order valence-corrected chi connectivity index (χ3v) is 4.02. The maximum atomic E-state index is 12.0. The molecule has 0 radical (unpaired) electrons. The van der Waals surface area contributed by atoms with E-state index in [9.17, 15) is 9.90 Å². The lowest BCUT2D eigenvalue weighted by Crippen LogP contribution is -2.37. The third-order valence-electron chi connectivity index (χ3n) is 4.02. The van der Waals surface area contributed by atoms with E-state index in [1.165, 1.54) is 25.7 Å². The van der Waals surface area contributed by atoms with Crippen LogP contribution in [-0.2, 0) is 4.79 Å². The lowest BCUT2D eigenvalue weighted by Gasteiger charge is -2.27. The standard InChI is InChI=1S/C16H25N3O2/c17-13-4-3-5-14(12-13)18-16(21)8-9-19(10-11-20)15-6-1-2-7-15/h3-5,12,15,20H,1-2,6-11,17H2,(H,18,21). The van der Waals surface area contributed by atoms with Crippen LogP contribution in [0.5, 0.6) is 0 Å². The van der Waals surface area contributed by atoms with Crippen LogP contribution in [-0.4, -0.2) is 41.7 Å². The van der Waals surface area contributed by atoms with E-state index in [0.29, 0.717) is 31.2 Å². The summed E-state index contributed by atoms with van der Waals surface area (Å²) in [6.45, 7) is 1.49. The summed E-state index contributed by atoms with van der Waals surface area (Å²) < 4.78 is 0. The molecule has 0 bridgehead atoms. The zero-order chi connectivity index (χ0) is 15.1. The SMILES string of the molecule is Nc1cccc(NC(=O)CCN(CCO)C2CCCC2)c1. The predicted octanol–water partition coefficient (Wildman–Crippen LogP) is 1.83. The first-order valence-electron chi connectivity index (χ1n) is 7.69. The van der Waals surface area contributed by atoms with Gasteiger partial charge in [0.15, 0.2) is 0 Å². The van der Waals surface area contributed by atoms with Gasteiger partial charge in [-0.05, 0) is 31.0 Å². The van der Waals surface area contributed by atoms with Gasteiger partial charge >= 0.3 is 0 Å². The van der Waals surface area contributed by atoms with Crippen LogP contribution in [0.2, 0.25) is 0 Å². The van der Waals surface area contributed by atoms with E-state index in [4.69, 9.17) is 5.73 Å². The Balaban J connectivity index is 1.81. The van der Waals surface area contributed by atoms with E-state index < -0.39 is 0 Å². The van der Waals surface area contributed by atoms with E-state index in [1.54, 1.807) is 12.1 Å². The summed E-state index contributed by atoms with van der Waals surface area (Å²) in [6, 6.07) is 7.72. The second-order valence-corrected chi connectivity index (χ2v) is 5.62. The number of anilines is 2. The van der Waals surface area contributed by atoms with Gasteiger partial charge in [-0.25, -0.2) is 0 Å².